The van der Waals surface area contributed by atoms with E-state index < -0.39 is 59.6 Å². The molecule has 12 heteroatoms. The Bertz CT molecular complexity index is 1290. The minimum absolute atomic E-state index is 0.0681. The summed E-state index contributed by atoms with van der Waals surface area (Å²) in [5.41, 5.74) is -4.33. The first-order valence-corrected chi connectivity index (χ1v) is 13.2. The van der Waals surface area contributed by atoms with Gasteiger partial charge in [-0.25, -0.2) is 13.2 Å². The van der Waals surface area contributed by atoms with E-state index in [2.05, 4.69) is 10.6 Å². The van der Waals surface area contributed by atoms with E-state index >= 15 is 8.78 Å². The zero-order valence-electron chi connectivity index (χ0n) is 23.5. The number of hydrogen-bond acceptors (Lipinski definition) is 6. The van der Waals surface area contributed by atoms with E-state index in [4.69, 9.17) is 4.74 Å². The van der Waals surface area contributed by atoms with Gasteiger partial charge in [0.2, 0.25) is 11.6 Å². The molecule has 2 aromatic rings. The van der Waals surface area contributed by atoms with E-state index in [-0.39, 0.29) is 29.8 Å². The summed E-state index contributed by atoms with van der Waals surface area (Å²) in [6, 6.07) is 7.74. The van der Waals surface area contributed by atoms with E-state index in [0.717, 1.165) is 13.8 Å². The highest BCUT2D eigenvalue weighted by molar-refractivity contribution is 6.01. The second kappa shape index (κ2) is 12.5. The first-order chi connectivity index (χ1) is 19.1. The Kier molecular flexibility index (Phi) is 9.70. The Labute approximate surface area is 236 Å². The van der Waals surface area contributed by atoms with E-state index in [9.17, 15) is 29.0 Å². The summed E-state index contributed by atoms with van der Waals surface area (Å²) in [5, 5.41) is 26.5. The van der Waals surface area contributed by atoms with E-state index in [0.29, 0.717) is 23.5 Å². The summed E-state index contributed by atoms with van der Waals surface area (Å²) in [6.45, 7) is 2.99. The van der Waals surface area contributed by atoms with Crippen molar-refractivity contribution in [1.82, 2.24) is 15.5 Å². The largest absolute Gasteiger partial charge is 0.508 e. The number of hydrogen-bond donors (Lipinski definition) is 4. The van der Waals surface area contributed by atoms with E-state index in [1.165, 1.54) is 50.4 Å². The van der Waals surface area contributed by atoms with Crippen LogP contribution < -0.4 is 10.6 Å². The summed E-state index contributed by atoms with van der Waals surface area (Å²) < 4.78 is 49.3. The van der Waals surface area contributed by atoms with Crippen molar-refractivity contribution in [3.05, 3.63) is 65.0 Å². The fraction of sp³-hybridized carbons (Fsp3) is 0.483. The number of amides is 3. The average Bonchev–Trinajstić information content (AvgIpc) is 3.09. The summed E-state index contributed by atoms with van der Waals surface area (Å²) in [5.74, 6) is -7.42. The quantitative estimate of drug-likeness (QED) is 0.240. The summed E-state index contributed by atoms with van der Waals surface area (Å²) in [6.07, 6.45) is -0.249. The van der Waals surface area contributed by atoms with Gasteiger partial charge in [-0.05, 0) is 49.6 Å². The highest BCUT2D eigenvalue weighted by Gasteiger charge is 2.65. The van der Waals surface area contributed by atoms with Crippen molar-refractivity contribution < 1.29 is 42.5 Å². The average molecular weight is 580 g/mol. The Balaban J connectivity index is 1.99. The Morgan fingerprint density at radius 1 is 1.17 bits per heavy atom. The first kappa shape index (κ1) is 31.9. The van der Waals surface area contributed by atoms with Crippen molar-refractivity contribution in [2.45, 2.75) is 57.7 Å². The van der Waals surface area contributed by atoms with Gasteiger partial charge >= 0.3 is 0 Å². The Morgan fingerprint density at radius 3 is 2.51 bits per heavy atom. The van der Waals surface area contributed by atoms with Crippen LogP contribution in [-0.2, 0) is 20.7 Å². The molecule has 0 radical (unpaired) electrons. The standard InChI is InChI=1S/C29H36F3N3O6/c1-18-21(10-6-11-22(18)36)24(37)34-28(40,13-12-19-8-5-9-20(30)16-19)26(39)35-17-29(31,32)27(2,3)23(35)25(38)33-14-7-15-41-4/h5-6,8-11,16,23,36,40H,7,12-15,17H2,1-4H3,(H,33,38)(H,34,37). The zero-order chi connectivity index (χ0) is 30.6. The zero-order valence-corrected chi connectivity index (χ0v) is 23.5. The number of benzene rings is 2. The third-order valence-electron chi connectivity index (χ3n) is 7.53. The minimum Gasteiger partial charge on any atom is -0.508 e. The van der Waals surface area contributed by atoms with Crippen LogP contribution >= 0.6 is 0 Å². The van der Waals surface area contributed by atoms with Crippen LogP contribution in [0.3, 0.4) is 0 Å². The van der Waals surface area contributed by atoms with Gasteiger partial charge in [-0.1, -0.05) is 32.0 Å². The number of rotatable bonds is 11. The number of likely N-dealkylation sites (tertiary alicyclic amines) is 1. The highest BCUT2D eigenvalue weighted by Crippen LogP contribution is 2.48. The lowest BCUT2D eigenvalue weighted by Crippen LogP contribution is -2.63. The molecule has 0 saturated carbocycles. The molecule has 3 amide bonds. The molecule has 0 aromatic heterocycles. The van der Waals surface area contributed by atoms with Gasteiger partial charge < -0.3 is 30.5 Å². The molecule has 2 aromatic carbocycles. The molecule has 3 rings (SSSR count). The summed E-state index contributed by atoms with van der Waals surface area (Å²) in [7, 11) is 1.47. The number of nitrogens with one attached hydrogen (secondary N) is 2. The molecular formula is C29H36F3N3O6. The number of phenolic OH excluding ortho intramolecular Hbond substituents is 1. The monoisotopic (exact) mass is 579 g/mol. The molecule has 1 saturated heterocycles. The van der Waals surface area contributed by atoms with Crippen molar-refractivity contribution in [3.63, 3.8) is 0 Å². The highest BCUT2D eigenvalue weighted by atomic mass is 19.3. The molecule has 0 aliphatic carbocycles. The number of alkyl halides is 2. The molecule has 41 heavy (non-hydrogen) atoms. The van der Waals surface area contributed by atoms with Crippen molar-refractivity contribution in [3.8, 4) is 5.75 Å². The van der Waals surface area contributed by atoms with Crippen LogP contribution in [0.2, 0.25) is 0 Å². The lowest BCUT2D eigenvalue weighted by Gasteiger charge is -2.36. The van der Waals surface area contributed by atoms with Gasteiger partial charge in [-0.2, -0.15) is 0 Å². The van der Waals surface area contributed by atoms with Gasteiger partial charge in [0.05, 0.1) is 12.0 Å². The number of aliphatic hydroxyl groups is 1. The van der Waals surface area contributed by atoms with Crippen LogP contribution in [0.5, 0.6) is 5.75 Å². The van der Waals surface area contributed by atoms with Crippen LogP contribution in [0.25, 0.3) is 0 Å². The van der Waals surface area contributed by atoms with Crippen LogP contribution in [0.1, 0.15) is 48.2 Å². The molecule has 2 unspecified atom stereocenters. The van der Waals surface area contributed by atoms with E-state index in [1.54, 1.807) is 6.07 Å². The van der Waals surface area contributed by atoms with Crippen LogP contribution in [0.4, 0.5) is 13.2 Å². The number of carbonyl (C=O) groups is 3. The van der Waals surface area contributed by atoms with Crippen molar-refractivity contribution in [2.24, 2.45) is 5.41 Å². The molecule has 1 aliphatic heterocycles. The molecule has 0 spiro atoms. The number of halogens is 3. The lowest BCUT2D eigenvalue weighted by atomic mass is 9.81. The number of carbonyl (C=O) groups excluding carboxylic acids is 3. The number of phenols is 1. The van der Waals surface area contributed by atoms with Gasteiger partial charge in [-0.15, -0.1) is 0 Å². The molecule has 1 fully saturated rings. The molecule has 4 N–H and O–H groups in total. The van der Waals surface area contributed by atoms with Gasteiger partial charge in [0.1, 0.15) is 17.6 Å². The molecular weight excluding hydrogens is 543 g/mol. The number of nitrogens with zero attached hydrogens (tertiary/aromatic N) is 1. The van der Waals surface area contributed by atoms with Gasteiger partial charge in [0, 0.05) is 37.8 Å². The number of aryl methyl sites for hydroxylation is 1. The van der Waals surface area contributed by atoms with Crippen molar-refractivity contribution in [2.75, 3.05) is 26.8 Å². The van der Waals surface area contributed by atoms with Crippen molar-refractivity contribution in [1.29, 1.82) is 0 Å². The Hall–Kier alpha value is -3.64. The molecule has 2 atom stereocenters. The van der Waals surface area contributed by atoms with E-state index in [1.807, 2.05) is 0 Å². The minimum atomic E-state index is -3.52. The maximum Gasteiger partial charge on any atom is 0.276 e. The molecule has 224 valence electrons. The lowest BCUT2D eigenvalue weighted by molar-refractivity contribution is -0.159. The fourth-order valence-electron chi connectivity index (χ4n) is 4.88. The number of ether oxygens (including phenoxy) is 1. The van der Waals surface area contributed by atoms with Gasteiger partial charge in [0.25, 0.3) is 17.7 Å². The fourth-order valence-corrected chi connectivity index (χ4v) is 4.88. The third kappa shape index (κ3) is 6.82. The van der Waals surface area contributed by atoms with Crippen molar-refractivity contribution >= 4 is 17.7 Å². The van der Waals surface area contributed by atoms with Crippen LogP contribution in [-0.4, -0.2) is 77.3 Å². The molecule has 0 bridgehead atoms. The maximum absolute atomic E-state index is 15.3. The third-order valence-corrected chi connectivity index (χ3v) is 7.53. The van der Waals surface area contributed by atoms with Gasteiger partial charge in [-0.3, -0.25) is 14.4 Å². The molecule has 9 nitrogen and oxygen atoms in total. The molecule has 1 heterocycles. The van der Waals surface area contributed by atoms with Crippen LogP contribution in [0.15, 0.2) is 42.5 Å². The smallest absolute Gasteiger partial charge is 0.276 e. The normalized spacial score (nSPS) is 18.9. The maximum atomic E-state index is 15.3. The SMILES string of the molecule is COCCCNC(=O)C1N(C(=O)C(O)(CCc2cccc(F)c2)NC(=O)c2cccc(O)c2C)CC(F)(F)C1(C)C. The summed E-state index contributed by atoms with van der Waals surface area (Å²) >= 11 is 0. The van der Waals surface area contributed by atoms with Crippen LogP contribution in [0, 0.1) is 18.2 Å². The molecule has 1 aliphatic rings. The summed E-state index contributed by atoms with van der Waals surface area (Å²) in [4.78, 5) is 41.0. The predicted octanol–water partition coefficient (Wildman–Crippen LogP) is 2.92. The second-order valence-corrected chi connectivity index (χ2v) is 10.8. The van der Waals surface area contributed by atoms with Gasteiger partial charge in [0.15, 0.2) is 0 Å². The predicted molar refractivity (Wildman–Crippen MR) is 144 cm³/mol. The Morgan fingerprint density at radius 2 is 1.85 bits per heavy atom. The first-order valence-electron chi connectivity index (χ1n) is 13.2. The topological polar surface area (TPSA) is 128 Å². The number of aromatic hydroxyl groups is 1. The number of methoxy groups -OCH3 is 1. The second-order valence-electron chi connectivity index (χ2n) is 10.8.